The maximum atomic E-state index is 12.2. The first-order valence-corrected chi connectivity index (χ1v) is 9.96. The van der Waals surface area contributed by atoms with Crippen molar-refractivity contribution in [3.8, 4) is 0 Å². The molecule has 1 heterocycles. The van der Waals surface area contributed by atoms with Crippen LogP contribution in [0.3, 0.4) is 0 Å². The number of hydrogen-bond acceptors (Lipinski definition) is 5. The number of carbonyl (C=O) groups excluding carboxylic acids is 2. The van der Waals surface area contributed by atoms with Crippen LogP contribution in [-0.4, -0.2) is 23.5 Å². The number of esters is 1. The van der Waals surface area contributed by atoms with Crippen molar-refractivity contribution in [2.45, 2.75) is 46.5 Å². The summed E-state index contributed by atoms with van der Waals surface area (Å²) in [5.41, 5.74) is 1.13. The number of hydrogen-bond donors (Lipinski definition) is 1. The molecule has 1 aromatic carbocycles. The van der Waals surface area contributed by atoms with Crippen molar-refractivity contribution in [1.82, 2.24) is 4.98 Å². The molecule has 1 aliphatic rings. The van der Waals surface area contributed by atoms with Gasteiger partial charge in [0.15, 0.2) is 11.7 Å². The van der Waals surface area contributed by atoms with E-state index < -0.39 is 0 Å². The van der Waals surface area contributed by atoms with Gasteiger partial charge in [-0.05, 0) is 49.1 Å². The summed E-state index contributed by atoms with van der Waals surface area (Å²) in [6.45, 7) is 6.50. The van der Waals surface area contributed by atoms with E-state index in [2.05, 4.69) is 31.1 Å². The Hall–Kier alpha value is -1.95. The number of rotatable bonds is 4. The summed E-state index contributed by atoms with van der Waals surface area (Å²) in [6, 6.07) is 7.69. The fourth-order valence-electron chi connectivity index (χ4n) is 3.53. The van der Waals surface area contributed by atoms with Crippen LogP contribution in [0.25, 0.3) is 10.2 Å². The molecule has 2 aromatic rings. The van der Waals surface area contributed by atoms with Crippen LogP contribution in [0.15, 0.2) is 24.3 Å². The molecule has 1 aromatic heterocycles. The number of benzene rings is 1. The van der Waals surface area contributed by atoms with Gasteiger partial charge in [0.25, 0.3) is 5.91 Å². The second-order valence-electron chi connectivity index (χ2n) is 8.06. The van der Waals surface area contributed by atoms with Gasteiger partial charge in [0.1, 0.15) is 0 Å². The number of aromatic nitrogens is 1. The zero-order valence-corrected chi connectivity index (χ0v) is 16.4. The Labute approximate surface area is 158 Å². The molecule has 1 N–H and O–H groups in total. The summed E-state index contributed by atoms with van der Waals surface area (Å²) in [6.07, 6.45) is 3.78. The topological polar surface area (TPSA) is 68.3 Å². The Bertz CT molecular complexity index is 753. The van der Waals surface area contributed by atoms with Crippen molar-refractivity contribution in [2.75, 3.05) is 11.9 Å². The van der Waals surface area contributed by atoms with E-state index in [1.165, 1.54) is 11.3 Å². The fourth-order valence-corrected chi connectivity index (χ4v) is 4.41. The molecule has 0 aliphatic heterocycles. The Kier molecular flexibility index (Phi) is 5.61. The average Bonchev–Trinajstić information content (AvgIpc) is 3.01. The van der Waals surface area contributed by atoms with E-state index in [1.54, 1.807) is 0 Å². The lowest BCUT2D eigenvalue weighted by molar-refractivity contribution is -0.153. The monoisotopic (exact) mass is 374 g/mol. The van der Waals surface area contributed by atoms with Gasteiger partial charge in [0.05, 0.1) is 16.1 Å². The van der Waals surface area contributed by atoms with Crippen LogP contribution in [-0.2, 0) is 14.3 Å². The number of nitrogens with one attached hydrogen (secondary N) is 1. The van der Waals surface area contributed by atoms with Gasteiger partial charge in [-0.2, -0.15) is 0 Å². The highest BCUT2D eigenvalue weighted by atomic mass is 32.1. The molecule has 0 unspecified atom stereocenters. The Morgan fingerprint density at radius 3 is 2.54 bits per heavy atom. The predicted molar refractivity (Wildman–Crippen MR) is 104 cm³/mol. The number of amides is 1. The van der Waals surface area contributed by atoms with E-state index in [4.69, 9.17) is 4.74 Å². The lowest BCUT2D eigenvalue weighted by Crippen LogP contribution is -2.31. The molecule has 1 fully saturated rings. The lowest BCUT2D eigenvalue weighted by Gasteiger charge is -2.36. The number of ether oxygens (including phenoxy) is 1. The van der Waals surface area contributed by atoms with E-state index in [1.807, 2.05) is 24.3 Å². The lowest BCUT2D eigenvalue weighted by atomic mass is 9.70. The molecule has 0 radical (unpaired) electrons. The molecular formula is C20H26N2O3S. The second kappa shape index (κ2) is 7.74. The van der Waals surface area contributed by atoms with Crippen LogP contribution < -0.4 is 5.32 Å². The summed E-state index contributed by atoms with van der Waals surface area (Å²) in [5, 5.41) is 3.23. The minimum Gasteiger partial charge on any atom is -0.455 e. The molecule has 1 aliphatic carbocycles. The molecule has 1 saturated carbocycles. The van der Waals surface area contributed by atoms with E-state index in [0.29, 0.717) is 11.0 Å². The Morgan fingerprint density at radius 2 is 1.88 bits per heavy atom. The van der Waals surface area contributed by atoms with Crippen LogP contribution in [0.1, 0.15) is 46.5 Å². The maximum absolute atomic E-state index is 12.2. The standard InChI is InChI=1S/C20H26N2O3S/c1-20(2,3)14-10-8-13(9-11-14)18(24)25-12-17(23)22-19-21-15-6-4-5-7-16(15)26-19/h4-7,13-14H,8-12H2,1-3H3,(H,21,22,23). The Morgan fingerprint density at radius 1 is 1.19 bits per heavy atom. The first kappa shape index (κ1) is 18.8. The van der Waals surface area contributed by atoms with Crippen LogP contribution in [0.2, 0.25) is 0 Å². The van der Waals surface area contributed by atoms with Gasteiger partial charge in [0.2, 0.25) is 0 Å². The predicted octanol–water partition coefficient (Wildman–Crippen LogP) is 4.63. The van der Waals surface area contributed by atoms with Crippen molar-refractivity contribution in [3.05, 3.63) is 24.3 Å². The molecule has 26 heavy (non-hydrogen) atoms. The summed E-state index contributed by atoms with van der Waals surface area (Å²) in [5.74, 6) is -0.0321. The SMILES string of the molecule is CC(C)(C)C1CCC(C(=O)OCC(=O)Nc2nc3ccccc3s2)CC1. The van der Waals surface area contributed by atoms with Crippen molar-refractivity contribution in [3.63, 3.8) is 0 Å². The number of fused-ring (bicyclic) bond motifs is 1. The van der Waals surface area contributed by atoms with Gasteiger partial charge >= 0.3 is 5.97 Å². The van der Waals surface area contributed by atoms with Gasteiger partial charge in [-0.3, -0.25) is 14.9 Å². The third-order valence-electron chi connectivity index (χ3n) is 5.17. The van der Waals surface area contributed by atoms with E-state index in [9.17, 15) is 9.59 Å². The fraction of sp³-hybridized carbons (Fsp3) is 0.550. The molecule has 0 spiro atoms. The van der Waals surface area contributed by atoms with Gasteiger partial charge in [-0.15, -0.1) is 0 Å². The molecule has 3 rings (SSSR count). The van der Waals surface area contributed by atoms with Gasteiger partial charge in [0, 0.05) is 0 Å². The first-order chi connectivity index (χ1) is 12.3. The van der Waals surface area contributed by atoms with Crippen LogP contribution >= 0.6 is 11.3 Å². The number of nitrogens with zero attached hydrogens (tertiary/aromatic N) is 1. The van der Waals surface area contributed by atoms with Crippen LogP contribution in [0, 0.1) is 17.3 Å². The zero-order chi connectivity index (χ0) is 18.7. The highest BCUT2D eigenvalue weighted by molar-refractivity contribution is 7.22. The molecule has 6 heteroatoms. The van der Waals surface area contributed by atoms with E-state index in [-0.39, 0.29) is 29.8 Å². The normalized spacial score (nSPS) is 20.7. The average molecular weight is 375 g/mol. The Balaban J connectivity index is 1.45. The molecule has 0 bridgehead atoms. The van der Waals surface area contributed by atoms with E-state index in [0.717, 1.165) is 35.9 Å². The molecule has 140 valence electrons. The summed E-state index contributed by atoms with van der Waals surface area (Å²) in [4.78, 5) is 28.6. The van der Waals surface area contributed by atoms with Crippen molar-refractivity contribution < 1.29 is 14.3 Å². The number of anilines is 1. The molecule has 5 nitrogen and oxygen atoms in total. The highest BCUT2D eigenvalue weighted by Gasteiger charge is 2.33. The summed E-state index contributed by atoms with van der Waals surface area (Å²) < 4.78 is 6.25. The smallest absolute Gasteiger partial charge is 0.309 e. The van der Waals surface area contributed by atoms with Gasteiger partial charge < -0.3 is 4.74 Å². The first-order valence-electron chi connectivity index (χ1n) is 9.15. The van der Waals surface area contributed by atoms with E-state index >= 15 is 0 Å². The maximum Gasteiger partial charge on any atom is 0.309 e. The highest BCUT2D eigenvalue weighted by Crippen LogP contribution is 2.40. The second-order valence-corrected chi connectivity index (χ2v) is 9.09. The largest absolute Gasteiger partial charge is 0.455 e. The summed E-state index contributed by atoms with van der Waals surface area (Å²) >= 11 is 1.41. The number of thiazole rings is 1. The zero-order valence-electron chi connectivity index (χ0n) is 15.6. The minimum atomic E-state index is -0.346. The third kappa shape index (κ3) is 4.61. The number of carbonyl (C=O) groups is 2. The molecule has 0 atom stereocenters. The van der Waals surface area contributed by atoms with Crippen LogP contribution in [0.4, 0.5) is 5.13 Å². The van der Waals surface area contributed by atoms with Crippen molar-refractivity contribution in [2.24, 2.45) is 17.3 Å². The molecule has 1 amide bonds. The van der Waals surface area contributed by atoms with Crippen molar-refractivity contribution in [1.29, 1.82) is 0 Å². The van der Waals surface area contributed by atoms with Crippen molar-refractivity contribution >= 4 is 38.6 Å². The van der Waals surface area contributed by atoms with Crippen LogP contribution in [0.5, 0.6) is 0 Å². The summed E-state index contributed by atoms with van der Waals surface area (Å²) in [7, 11) is 0. The minimum absolute atomic E-state index is 0.0798. The molecular weight excluding hydrogens is 348 g/mol. The van der Waals surface area contributed by atoms with Gasteiger partial charge in [-0.1, -0.05) is 44.2 Å². The number of para-hydroxylation sites is 1. The third-order valence-corrected chi connectivity index (χ3v) is 6.12. The van der Waals surface area contributed by atoms with Gasteiger partial charge in [-0.25, -0.2) is 4.98 Å². The molecule has 0 saturated heterocycles. The quantitative estimate of drug-likeness (QED) is 0.792.